The Kier molecular flexibility index (Phi) is 4.35. The molecule has 0 saturated heterocycles. The topological polar surface area (TPSA) is 20.2 Å². The predicted octanol–water partition coefficient (Wildman–Crippen LogP) is 3.62. The predicted molar refractivity (Wildman–Crippen MR) is 56.1 cm³/mol. The number of aliphatic hydroxyl groups excluding tert-OH is 1. The Hall–Kier alpha value is -1.03. The van der Waals surface area contributed by atoms with Crippen LogP contribution in [-0.2, 0) is 6.42 Å². The van der Waals surface area contributed by atoms with E-state index in [4.69, 9.17) is 0 Å². The fourth-order valence-electron chi connectivity index (χ4n) is 1.53. The van der Waals surface area contributed by atoms with Crippen LogP contribution < -0.4 is 0 Å². The van der Waals surface area contributed by atoms with Crippen molar-refractivity contribution >= 4 is 0 Å². The van der Waals surface area contributed by atoms with Gasteiger partial charge in [-0.15, -0.1) is 0 Å². The second-order valence-corrected chi connectivity index (χ2v) is 3.83. The van der Waals surface area contributed by atoms with E-state index in [2.05, 4.69) is 0 Å². The molecular formula is C12H15F3O. The standard InChI is InChI=1S/C12H15F3O/c1-2-3-9-4-6-10(7-5-9)11(16)8-12(13,14)15/h4-7,11,16H,2-3,8H2,1H3. The molecule has 0 fully saturated rings. The van der Waals surface area contributed by atoms with E-state index in [0.29, 0.717) is 5.56 Å². The van der Waals surface area contributed by atoms with Gasteiger partial charge in [-0.2, -0.15) is 13.2 Å². The molecule has 0 radical (unpaired) electrons. The lowest BCUT2D eigenvalue weighted by Gasteiger charge is -2.13. The molecule has 1 aromatic rings. The molecule has 90 valence electrons. The quantitative estimate of drug-likeness (QED) is 0.840. The highest BCUT2D eigenvalue weighted by Gasteiger charge is 2.31. The Morgan fingerprint density at radius 2 is 1.75 bits per heavy atom. The number of alkyl halides is 3. The summed E-state index contributed by atoms with van der Waals surface area (Å²) in [5.41, 5.74) is 1.39. The Morgan fingerprint density at radius 3 is 2.19 bits per heavy atom. The van der Waals surface area contributed by atoms with Crippen molar-refractivity contribution in [2.75, 3.05) is 0 Å². The number of hydrogen-bond donors (Lipinski definition) is 1. The number of aryl methyl sites for hydroxylation is 1. The van der Waals surface area contributed by atoms with E-state index in [1.165, 1.54) is 0 Å². The molecule has 0 heterocycles. The molecule has 16 heavy (non-hydrogen) atoms. The lowest BCUT2D eigenvalue weighted by Crippen LogP contribution is -2.13. The molecule has 1 atom stereocenters. The van der Waals surface area contributed by atoms with Gasteiger partial charge in [-0.25, -0.2) is 0 Å². The first-order valence-electron chi connectivity index (χ1n) is 5.26. The maximum Gasteiger partial charge on any atom is 0.391 e. The maximum absolute atomic E-state index is 12.0. The zero-order valence-corrected chi connectivity index (χ0v) is 9.09. The molecule has 0 aromatic heterocycles. The minimum Gasteiger partial charge on any atom is -0.388 e. The van der Waals surface area contributed by atoms with Gasteiger partial charge in [0.2, 0.25) is 0 Å². The minimum atomic E-state index is -4.33. The summed E-state index contributed by atoms with van der Waals surface area (Å²) >= 11 is 0. The van der Waals surface area contributed by atoms with Crippen LogP contribution in [0, 0.1) is 0 Å². The Morgan fingerprint density at radius 1 is 1.19 bits per heavy atom. The van der Waals surface area contributed by atoms with E-state index in [1.54, 1.807) is 24.3 Å². The average molecular weight is 232 g/mol. The van der Waals surface area contributed by atoms with Crippen LogP contribution in [0.15, 0.2) is 24.3 Å². The van der Waals surface area contributed by atoms with E-state index in [1.807, 2.05) is 6.92 Å². The minimum absolute atomic E-state index is 0.317. The fourth-order valence-corrected chi connectivity index (χ4v) is 1.53. The molecule has 0 aliphatic heterocycles. The zero-order valence-electron chi connectivity index (χ0n) is 9.09. The number of benzene rings is 1. The number of rotatable bonds is 4. The van der Waals surface area contributed by atoms with Crippen molar-refractivity contribution in [3.8, 4) is 0 Å². The molecule has 1 unspecified atom stereocenters. The SMILES string of the molecule is CCCc1ccc(C(O)CC(F)(F)F)cc1. The van der Waals surface area contributed by atoms with E-state index >= 15 is 0 Å². The Bertz CT molecular complexity index is 316. The van der Waals surface area contributed by atoms with Crippen molar-refractivity contribution in [2.24, 2.45) is 0 Å². The van der Waals surface area contributed by atoms with E-state index < -0.39 is 18.7 Å². The number of halogens is 3. The van der Waals surface area contributed by atoms with Crippen LogP contribution >= 0.6 is 0 Å². The summed E-state index contributed by atoms with van der Waals surface area (Å²) < 4.78 is 36.1. The summed E-state index contributed by atoms with van der Waals surface area (Å²) in [6.45, 7) is 2.03. The van der Waals surface area contributed by atoms with Crippen LogP contribution in [0.1, 0.15) is 37.0 Å². The van der Waals surface area contributed by atoms with Crippen LogP contribution in [0.5, 0.6) is 0 Å². The van der Waals surface area contributed by atoms with E-state index in [9.17, 15) is 18.3 Å². The van der Waals surface area contributed by atoms with Gasteiger partial charge in [0.15, 0.2) is 0 Å². The van der Waals surface area contributed by atoms with Crippen molar-refractivity contribution in [2.45, 2.75) is 38.5 Å². The van der Waals surface area contributed by atoms with Crippen molar-refractivity contribution in [1.29, 1.82) is 0 Å². The summed E-state index contributed by atoms with van der Waals surface area (Å²) in [6, 6.07) is 6.64. The second-order valence-electron chi connectivity index (χ2n) is 3.83. The van der Waals surface area contributed by atoms with Crippen LogP contribution in [-0.4, -0.2) is 11.3 Å². The van der Waals surface area contributed by atoms with E-state index in [-0.39, 0.29) is 0 Å². The first kappa shape index (κ1) is 13.0. The van der Waals surface area contributed by atoms with Crippen molar-refractivity contribution in [1.82, 2.24) is 0 Å². The molecule has 0 saturated carbocycles. The maximum atomic E-state index is 12.0. The van der Waals surface area contributed by atoms with E-state index in [0.717, 1.165) is 18.4 Å². The monoisotopic (exact) mass is 232 g/mol. The molecule has 0 aliphatic rings. The smallest absolute Gasteiger partial charge is 0.388 e. The summed E-state index contributed by atoms with van der Waals surface area (Å²) in [6.07, 6.45) is -5.10. The Labute approximate surface area is 92.9 Å². The summed E-state index contributed by atoms with van der Waals surface area (Å²) in [7, 11) is 0. The molecule has 1 rings (SSSR count). The van der Waals surface area contributed by atoms with Gasteiger partial charge in [-0.3, -0.25) is 0 Å². The van der Waals surface area contributed by atoms with Gasteiger partial charge in [0, 0.05) is 0 Å². The molecule has 1 N–H and O–H groups in total. The van der Waals surface area contributed by atoms with Crippen molar-refractivity contribution in [3.63, 3.8) is 0 Å². The van der Waals surface area contributed by atoms with Crippen LogP contribution in [0.25, 0.3) is 0 Å². The highest BCUT2D eigenvalue weighted by atomic mass is 19.4. The lowest BCUT2D eigenvalue weighted by atomic mass is 10.0. The average Bonchev–Trinajstić information content (AvgIpc) is 2.16. The summed E-state index contributed by atoms with van der Waals surface area (Å²) in [4.78, 5) is 0. The fraction of sp³-hybridized carbons (Fsp3) is 0.500. The van der Waals surface area contributed by atoms with Crippen LogP contribution in [0.3, 0.4) is 0 Å². The third kappa shape index (κ3) is 4.23. The summed E-state index contributed by atoms with van der Waals surface area (Å²) in [5.74, 6) is 0. The van der Waals surface area contributed by atoms with Crippen LogP contribution in [0.4, 0.5) is 13.2 Å². The third-order valence-corrected chi connectivity index (χ3v) is 2.33. The highest BCUT2D eigenvalue weighted by Crippen LogP contribution is 2.29. The van der Waals surface area contributed by atoms with Crippen LogP contribution in [0.2, 0.25) is 0 Å². The van der Waals surface area contributed by atoms with Gasteiger partial charge in [0.05, 0.1) is 12.5 Å². The first-order valence-corrected chi connectivity index (χ1v) is 5.26. The van der Waals surface area contributed by atoms with Gasteiger partial charge in [0.1, 0.15) is 0 Å². The van der Waals surface area contributed by atoms with Gasteiger partial charge in [-0.05, 0) is 17.5 Å². The number of aliphatic hydroxyl groups is 1. The lowest BCUT2D eigenvalue weighted by molar-refractivity contribution is -0.154. The van der Waals surface area contributed by atoms with Crippen molar-refractivity contribution in [3.05, 3.63) is 35.4 Å². The molecule has 1 nitrogen and oxygen atoms in total. The first-order chi connectivity index (χ1) is 7.42. The normalized spacial score (nSPS) is 13.8. The molecule has 0 spiro atoms. The third-order valence-electron chi connectivity index (χ3n) is 2.33. The largest absolute Gasteiger partial charge is 0.391 e. The number of hydrogen-bond acceptors (Lipinski definition) is 1. The molecule has 4 heteroatoms. The zero-order chi connectivity index (χ0) is 12.2. The van der Waals surface area contributed by atoms with Gasteiger partial charge >= 0.3 is 6.18 Å². The molecule has 1 aromatic carbocycles. The molecule has 0 bridgehead atoms. The van der Waals surface area contributed by atoms with Gasteiger partial charge in [-0.1, -0.05) is 37.6 Å². The molecule has 0 aliphatic carbocycles. The molecular weight excluding hydrogens is 217 g/mol. The van der Waals surface area contributed by atoms with Crippen molar-refractivity contribution < 1.29 is 18.3 Å². The second kappa shape index (κ2) is 5.34. The Balaban J connectivity index is 2.66. The van der Waals surface area contributed by atoms with Gasteiger partial charge < -0.3 is 5.11 Å². The summed E-state index contributed by atoms with van der Waals surface area (Å²) in [5, 5.41) is 9.36. The molecule has 0 amide bonds. The van der Waals surface area contributed by atoms with Gasteiger partial charge in [0.25, 0.3) is 0 Å². The highest BCUT2D eigenvalue weighted by molar-refractivity contribution is 5.24.